The highest BCUT2D eigenvalue weighted by molar-refractivity contribution is 7.92. The van der Waals surface area contributed by atoms with Crippen molar-refractivity contribution in [2.45, 2.75) is 20.8 Å². The van der Waals surface area contributed by atoms with Crippen LogP contribution in [0.5, 0.6) is 23.0 Å². The molecule has 19 nitrogen and oxygen atoms in total. The lowest BCUT2D eigenvalue weighted by Crippen LogP contribution is -2.29. The molecule has 0 aliphatic carbocycles. The van der Waals surface area contributed by atoms with Crippen LogP contribution in [-0.4, -0.2) is 63.0 Å². The Morgan fingerprint density at radius 3 is 1.02 bits per heavy atom. The number of methoxy groups -OCH3 is 4. The molecule has 554 valence electrons. The summed E-state index contributed by atoms with van der Waals surface area (Å²) >= 11 is 6.34. The zero-order valence-electron chi connectivity index (χ0n) is 61.2. The molecule has 0 saturated carbocycles. The standard InChI is InChI=1S/C23H21N3O4S.C23H20N2O2.C21H15ClN2O2.C21H14F2N2O2/c1-15-14-16(25-31(3,28)29)8-9-17(15)23-22-20(11-13-26(23)27)18(10-12-24-22)19-6-4-5-7-21(19)30-2;1-15-7-6-8-16(2)21(15)23-22-19(12-14-25(23)26)17(11-13-24-22)18-9-4-5-10-20(18)27-3;1-26-19-9-5-3-6-15(19)14-10-12-23-20-16(14)11-13-24(25)21(20)17-7-2-4-8-18(17)22;1-27-18-8-3-2-5-14(18)13-9-11-24-20-15(13)10-12-25(26)21(20)19-16(22)6-4-7-17(19)23/h4-14,25H,1-3H3;4-14H,1-3H3;2-13H,1H3;2-12H,1H3. The normalized spacial score (nSPS) is 11.1. The molecule has 111 heavy (non-hydrogen) atoms. The Labute approximate surface area is 643 Å². The first-order valence-electron chi connectivity index (χ1n) is 34.6. The number of nitrogens with zero attached hydrogens (tertiary/aromatic N) is 8. The van der Waals surface area contributed by atoms with Gasteiger partial charge in [0, 0.05) is 98.5 Å². The molecule has 0 bridgehead atoms. The molecule has 0 amide bonds. The Bertz CT molecular complexity index is 6140. The van der Waals surface area contributed by atoms with E-state index in [1.807, 2.05) is 178 Å². The molecule has 0 unspecified atom stereocenters. The third-order valence-corrected chi connectivity index (χ3v) is 19.6. The number of halogens is 3. The molecule has 0 fully saturated rings. The third-order valence-electron chi connectivity index (χ3n) is 18.7. The maximum atomic E-state index is 14.3. The fraction of sp³-hybridized carbons (Fsp3) is 0.0909. The van der Waals surface area contributed by atoms with Crippen LogP contribution in [0.25, 0.3) is 133 Å². The Hall–Kier alpha value is -13.7. The molecule has 0 aliphatic rings. The van der Waals surface area contributed by atoms with Crippen LogP contribution >= 0.6 is 11.6 Å². The number of anilines is 1. The first kappa shape index (κ1) is 75.5. The van der Waals surface area contributed by atoms with Gasteiger partial charge in [0.25, 0.3) is 22.8 Å². The van der Waals surface area contributed by atoms with Crippen LogP contribution in [0.15, 0.2) is 274 Å². The van der Waals surface area contributed by atoms with E-state index in [9.17, 15) is 38.0 Å². The van der Waals surface area contributed by atoms with Crippen LogP contribution in [0.2, 0.25) is 5.02 Å². The number of rotatable bonds is 14. The van der Waals surface area contributed by atoms with Gasteiger partial charge in [-0.1, -0.05) is 121 Å². The summed E-state index contributed by atoms with van der Waals surface area (Å²) in [7, 11) is 3.09. The van der Waals surface area contributed by atoms with Crippen LogP contribution in [-0.2, 0) is 10.0 Å². The van der Waals surface area contributed by atoms with Crippen LogP contribution in [0.1, 0.15) is 16.7 Å². The van der Waals surface area contributed by atoms with Crippen LogP contribution in [0, 0.1) is 53.2 Å². The number of ether oxygens (including phenoxy) is 4. The van der Waals surface area contributed by atoms with Gasteiger partial charge in [-0.2, -0.15) is 18.9 Å². The number of aromatic nitrogens is 8. The van der Waals surface area contributed by atoms with Gasteiger partial charge in [-0.05, 0) is 151 Å². The second-order valence-corrected chi connectivity index (χ2v) is 27.6. The van der Waals surface area contributed by atoms with E-state index < -0.39 is 27.2 Å². The Morgan fingerprint density at radius 2 is 0.667 bits per heavy atom. The molecule has 8 aromatic carbocycles. The minimum atomic E-state index is -3.40. The summed E-state index contributed by atoms with van der Waals surface area (Å²) in [6, 6.07) is 67.0. The molecule has 16 aromatic rings. The molecule has 0 atom stereocenters. The predicted molar refractivity (Wildman–Crippen MR) is 430 cm³/mol. The molecule has 0 radical (unpaired) electrons. The van der Waals surface area contributed by atoms with Crippen molar-refractivity contribution in [3.05, 3.63) is 328 Å². The molecular weight excluding hydrogens is 1450 g/mol. The molecule has 8 heterocycles. The van der Waals surface area contributed by atoms with Crippen molar-refractivity contribution in [3.8, 4) is 113 Å². The molecular formula is C88H70ClF2N9O10S. The van der Waals surface area contributed by atoms with E-state index in [1.165, 1.54) is 30.9 Å². The van der Waals surface area contributed by atoms with Crippen LogP contribution < -0.4 is 42.6 Å². The molecule has 0 saturated heterocycles. The van der Waals surface area contributed by atoms with Crippen molar-refractivity contribution in [2.24, 2.45) is 0 Å². The second-order valence-electron chi connectivity index (χ2n) is 25.5. The van der Waals surface area contributed by atoms with E-state index in [4.69, 9.17) is 30.5 Å². The number of aryl methyl sites for hydroxylation is 3. The smallest absolute Gasteiger partial charge is 0.256 e. The van der Waals surface area contributed by atoms with Gasteiger partial charge in [-0.3, -0.25) is 4.72 Å². The number of para-hydroxylation sites is 4. The number of sulfonamides is 1. The van der Waals surface area contributed by atoms with E-state index in [0.717, 1.165) is 133 Å². The largest absolute Gasteiger partial charge is 0.618 e. The minimum Gasteiger partial charge on any atom is -0.618 e. The Morgan fingerprint density at radius 1 is 0.351 bits per heavy atom. The average Bonchev–Trinajstić information content (AvgIpc) is 0.680. The molecule has 8 aromatic heterocycles. The SMILES string of the molecule is COc1ccccc1-c1ccnc2c(-c3c(C)cccc3C)[n+]([O-])ccc12.COc1ccccc1-c1ccnc2c(-c3c(F)cccc3F)[n+]([O-])ccc12.COc1ccccc1-c1ccnc2c(-c3ccc(NS(C)(=O)=O)cc3C)[n+]([O-])ccc12.COc1ccccc1-c1ccnc2c(-c3ccccc3Cl)[n+]([O-])ccc12. The maximum absolute atomic E-state index is 14.3. The lowest BCUT2D eigenvalue weighted by atomic mass is 9.95. The molecule has 23 heteroatoms. The highest BCUT2D eigenvalue weighted by atomic mass is 35.5. The summed E-state index contributed by atoms with van der Waals surface area (Å²) in [5.74, 6) is 1.27. The predicted octanol–water partition coefficient (Wildman–Crippen LogP) is 18.1. The number of hydrogen-bond donors (Lipinski definition) is 1. The number of nitrogens with one attached hydrogen (secondary N) is 1. The second kappa shape index (κ2) is 32.8. The first-order chi connectivity index (χ1) is 53.7. The van der Waals surface area contributed by atoms with E-state index in [1.54, 1.807) is 102 Å². The number of hydrogen-bond acceptors (Lipinski definition) is 14. The van der Waals surface area contributed by atoms with Crippen molar-refractivity contribution >= 4 is 70.9 Å². The van der Waals surface area contributed by atoms with Gasteiger partial charge in [0.05, 0.1) is 56.4 Å². The molecule has 16 rings (SSSR count). The average molecular weight is 1520 g/mol. The van der Waals surface area contributed by atoms with E-state index in [-0.39, 0.29) is 11.2 Å². The fourth-order valence-electron chi connectivity index (χ4n) is 13.7. The number of pyridine rings is 8. The van der Waals surface area contributed by atoms with Gasteiger partial charge in [-0.25, -0.2) is 37.1 Å². The van der Waals surface area contributed by atoms with Gasteiger partial charge in [0.1, 0.15) is 62.3 Å². The minimum absolute atomic E-state index is 0.167. The summed E-state index contributed by atoms with van der Waals surface area (Å²) in [4.78, 5) is 17.8. The summed E-state index contributed by atoms with van der Waals surface area (Å²) in [6.07, 6.45) is 13.5. The van der Waals surface area contributed by atoms with E-state index in [0.29, 0.717) is 71.3 Å². The summed E-state index contributed by atoms with van der Waals surface area (Å²) in [5, 5.41) is 54.2. The zero-order valence-corrected chi connectivity index (χ0v) is 62.8. The van der Waals surface area contributed by atoms with Gasteiger partial charge < -0.3 is 39.8 Å². The van der Waals surface area contributed by atoms with E-state index >= 15 is 0 Å². The van der Waals surface area contributed by atoms with Crippen LogP contribution in [0.4, 0.5) is 14.5 Å². The highest BCUT2D eigenvalue weighted by Gasteiger charge is 2.28. The highest BCUT2D eigenvalue weighted by Crippen LogP contribution is 2.43. The van der Waals surface area contributed by atoms with Crippen molar-refractivity contribution < 1.29 is 55.1 Å². The van der Waals surface area contributed by atoms with Crippen molar-refractivity contribution in [1.82, 2.24) is 19.9 Å². The van der Waals surface area contributed by atoms with Gasteiger partial charge in [0.2, 0.25) is 10.0 Å². The van der Waals surface area contributed by atoms with Crippen LogP contribution in [0.3, 0.4) is 0 Å². The lowest BCUT2D eigenvalue weighted by Gasteiger charge is -2.14. The maximum Gasteiger partial charge on any atom is 0.256 e. The number of benzene rings is 8. The van der Waals surface area contributed by atoms with Crippen molar-refractivity contribution in [3.63, 3.8) is 0 Å². The zero-order chi connectivity index (χ0) is 78.2. The molecule has 0 aliphatic heterocycles. The van der Waals surface area contributed by atoms with Crippen molar-refractivity contribution in [2.75, 3.05) is 39.4 Å². The van der Waals surface area contributed by atoms with Crippen molar-refractivity contribution in [1.29, 1.82) is 0 Å². The van der Waals surface area contributed by atoms with Gasteiger partial charge in [0.15, 0.2) is 24.8 Å². The summed E-state index contributed by atoms with van der Waals surface area (Å²) < 4.78 is 79.1. The van der Waals surface area contributed by atoms with E-state index in [2.05, 4.69) is 24.7 Å². The topological polar surface area (TPSA) is 242 Å². The number of fused-ring (bicyclic) bond motifs is 4. The summed E-state index contributed by atoms with van der Waals surface area (Å²) in [5.41, 5.74) is 15.6. The van der Waals surface area contributed by atoms with Gasteiger partial charge in [-0.15, -0.1) is 0 Å². The first-order valence-corrected chi connectivity index (χ1v) is 36.9. The Balaban J connectivity index is 0.000000130. The summed E-state index contributed by atoms with van der Waals surface area (Å²) in [6.45, 7) is 5.86. The quantitative estimate of drug-likeness (QED) is 0.0786. The van der Waals surface area contributed by atoms with Gasteiger partial charge >= 0.3 is 0 Å². The third kappa shape index (κ3) is 15.5. The molecule has 1 N–H and O–H groups in total. The Kier molecular flexibility index (Phi) is 22.3. The monoisotopic (exact) mass is 1520 g/mol. The lowest BCUT2D eigenvalue weighted by molar-refractivity contribution is -0.592. The fourth-order valence-corrected chi connectivity index (χ4v) is 14.5. The molecule has 0 spiro atoms.